The van der Waals surface area contributed by atoms with Gasteiger partial charge in [-0.25, -0.2) is 8.42 Å². The summed E-state index contributed by atoms with van der Waals surface area (Å²) in [4.78, 5) is 11.6. The van der Waals surface area contributed by atoms with Gasteiger partial charge in [0.15, 0.2) is 0 Å². The molecule has 1 amide bonds. The van der Waals surface area contributed by atoms with Gasteiger partial charge in [-0.1, -0.05) is 23.2 Å². The van der Waals surface area contributed by atoms with Gasteiger partial charge in [0.1, 0.15) is 17.1 Å². The fraction of sp³-hybridized carbons (Fsp3) is 0.480. The molecule has 0 radical (unpaired) electrons. The summed E-state index contributed by atoms with van der Waals surface area (Å²) in [6, 6.07) is 7.02. The Morgan fingerprint density at radius 1 is 1.23 bits per heavy atom. The van der Waals surface area contributed by atoms with Crippen LogP contribution in [0.25, 0.3) is 0 Å². The first kappa shape index (κ1) is 25.9. The van der Waals surface area contributed by atoms with E-state index in [1.54, 1.807) is 18.2 Å². The monoisotopic (exact) mass is 540 g/mol. The van der Waals surface area contributed by atoms with Crippen molar-refractivity contribution in [2.24, 2.45) is 5.73 Å². The second-order valence-corrected chi connectivity index (χ2v) is 12.4. The number of amides is 1. The van der Waals surface area contributed by atoms with Gasteiger partial charge in [0.05, 0.1) is 17.4 Å². The smallest absolute Gasteiger partial charge is 0.229 e. The number of halogens is 2. The Morgan fingerprint density at radius 3 is 2.51 bits per heavy atom. The van der Waals surface area contributed by atoms with Crippen LogP contribution in [0.5, 0.6) is 11.5 Å². The highest BCUT2D eigenvalue weighted by molar-refractivity contribution is 7.92. The van der Waals surface area contributed by atoms with Crippen LogP contribution < -0.4 is 19.9 Å². The van der Waals surface area contributed by atoms with Gasteiger partial charge < -0.3 is 15.2 Å². The van der Waals surface area contributed by atoms with Crippen LogP contribution in [0.15, 0.2) is 24.3 Å². The first-order valence-electron chi connectivity index (χ1n) is 11.6. The zero-order valence-corrected chi connectivity index (χ0v) is 22.3. The van der Waals surface area contributed by atoms with Crippen molar-refractivity contribution in [3.63, 3.8) is 0 Å². The van der Waals surface area contributed by atoms with Crippen LogP contribution in [0.1, 0.15) is 68.6 Å². The number of nitrogens with one attached hydrogen (secondary N) is 1. The van der Waals surface area contributed by atoms with Crippen molar-refractivity contribution in [1.29, 1.82) is 0 Å². The van der Waals surface area contributed by atoms with E-state index in [0.717, 1.165) is 36.6 Å². The molecule has 1 aliphatic carbocycles. The molecule has 7 nitrogen and oxygen atoms in total. The summed E-state index contributed by atoms with van der Waals surface area (Å²) in [5.74, 6) is 0.552. The second-order valence-electron chi connectivity index (χ2n) is 9.76. The molecule has 2 aliphatic rings. The van der Waals surface area contributed by atoms with E-state index in [1.807, 2.05) is 19.9 Å². The number of carbonyl (C=O) groups excluding carboxylic acids is 1. The van der Waals surface area contributed by atoms with Crippen LogP contribution in [0.2, 0.25) is 10.0 Å². The normalized spacial score (nSPS) is 18.5. The van der Waals surface area contributed by atoms with Gasteiger partial charge in [-0.15, -0.1) is 0 Å². The fourth-order valence-electron chi connectivity index (χ4n) is 4.91. The van der Waals surface area contributed by atoms with E-state index < -0.39 is 15.9 Å². The van der Waals surface area contributed by atoms with Crippen LogP contribution in [0, 0.1) is 0 Å². The molecule has 1 heterocycles. The predicted octanol–water partition coefficient (Wildman–Crippen LogP) is 5.41. The SMILES string of the molecule is CC(C)Oc1c(CCC(N)=O)cc(NS(C)(=O)=O)cc1C1CC2(CCC2)Oc2c(Cl)cc(Cl)cc21. The summed E-state index contributed by atoms with van der Waals surface area (Å²) in [6.45, 7) is 3.84. The molecule has 2 aromatic carbocycles. The van der Waals surface area contributed by atoms with Crippen molar-refractivity contribution in [3.05, 3.63) is 51.0 Å². The first-order chi connectivity index (χ1) is 16.4. The summed E-state index contributed by atoms with van der Waals surface area (Å²) in [6.07, 6.45) is 4.88. The summed E-state index contributed by atoms with van der Waals surface area (Å²) in [5, 5.41) is 0.923. The molecule has 0 bridgehead atoms. The van der Waals surface area contributed by atoms with E-state index in [9.17, 15) is 13.2 Å². The van der Waals surface area contributed by atoms with Gasteiger partial charge in [0, 0.05) is 34.2 Å². The highest BCUT2D eigenvalue weighted by atomic mass is 35.5. The van der Waals surface area contributed by atoms with Gasteiger partial charge in [-0.2, -0.15) is 0 Å². The number of fused-ring (bicyclic) bond motifs is 1. The highest BCUT2D eigenvalue weighted by Gasteiger charge is 2.47. The molecule has 1 spiro atoms. The number of benzene rings is 2. The average Bonchev–Trinajstić information content (AvgIpc) is 2.70. The fourth-order valence-corrected chi connectivity index (χ4v) is 6.00. The van der Waals surface area contributed by atoms with E-state index in [0.29, 0.717) is 45.6 Å². The van der Waals surface area contributed by atoms with Crippen molar-refractivity contribution in [2.45, 2.75) is 70.0 Å². The Kier molecular flexibility index (Phi) is 7.19. The first-order valence-corrected chi connectivity index (χ1v) is 14.3. The number of aryl methyl sites for hydroxylation is 1. The number of primary amides is 1. The van der Waals surface area contributed by atoms with Crippen molar-refractivity contribution in [1.82, 2.24) is 0 Å². The van der Waals surface area contributed by atoms with E-state index in [-0.39, 0.29) is 24.0 Å². The van der Waals surface area contributed by atoms with E-state index in [2.05, 4.69) is 4.72 Å². The van der Waals surface area contributed by atoms with Crippen molar-refractivity contribution in [3.8, 4) is 11.5 Å². The number of anilines is 1. The van der Waals surface area contributed by atoms with Crippen LogP contribution in [0.4, 0.5) is 5.69 Å². The predicted molar refractivity (Wildman–Crippen MR) is 138 cm³/mol. The van der Waals surface area contributed by atoms with Crippen LogP contribution in [-0.4, -0.2) is 32.3 Å². The molecule has 1 saturated carbocycles. The largest absolute Gasteiger partial charge is 0.490 e. The van der Waals surface area contributed by atoms with Crippen molar-refractivity contribution >= 4 is 44.8 Å². The van der Waals surface area contributed by atoms with E-state index >= 15 is 0 Å². The minimum atomic E-state index is -3.55. The average molecular weight is 541 g/mol. The van der Waals surface area contributed by atoms with Gasteiger partial charge in [0.25, 0.3) is 0 Å². The Morgan fingerprint density at radius 2 is 1.94 bits per heavy atom. The van der Waals surface area contributed by atoms with Gasteiger partial charge in [-0.05, 0) is 75.8 Å². The van der Waals surface area contributed by atoms with Gasteiger partial charge in [-0.3, -0.25) is 9.52 Å². The molecule has 2 aromatic rings. The summed E-state index contributed by atoms with van der Waals surface area (Å²) >= 11 is 13.0. The lowest BCUT2D eigenvalue weighted by Crippen LogP contribution is -2.47. The quantitative estimate of drug-likeness (QED) is 0.465. The Hall–Kier alpha value is -2.16. The van der Waals surface area contributed by atoms with Gasteiger partial charge >= 0.3 is 0 Å². The maximum Gasteiger partial charge on any atom is 0.229 e. The zero-order chi connectivity index (χ0) is 25.5. The number of hydrogen-bond acceptors (Lipinski definition) is 5. The molecular weight excluding hydrogens is 511 g/mol. The Balaban J connectivity index is 1.95. The topological polar surface area (TPSA) is 108 Å². The second kappa shape index (κ2) is 9.71. The molecule has 10 heteroatoms. The minimum absolute atomic E-state index is 0.0994. The summed E-state index contributed by atoms with van der Waals surface area (Å²) < 4.78 is 39.5. The number of nitrogens with two attached hydrogens (primary N) is 1. The van der Waals surface area contributed by atoms with E-state index in [1.165, 1.54) is 0 Å². The Labute approximate surface area is 216 Å². The molecule has 1 atom stereocenters. The van der Waals surface area contributed by atoms with E-state index in [4.69, 9.17) is 38.4 Å². The number of ether oxygens (including phenoxy) is 2. The molecule has 190 valence electrons. The third-order valence-electron chi connectivity index (χ3n) is 6.44. The lowest BCUT2D eigenvalue weighted by molar-refractivity contribution is -0.117. The maximum absolute atomic E-state index is 12.1. The molecule has 0 saturated heterocycles. The summed E-state index contributed by atoms with van der Waals surface area (Å²) in [5.41, 5.74) is 7.79. The molecule has 0 aromatic heterocycles. The van der Waals surface area contributed by atoms with Crippen LogP contribution >= 0.6 is 23.2 Å². The van der Waals surface area contributed by atoms with Crippen molar-refractivity contribution < 1.29 is 22.7 Å². The third kappa shape index (κ3) is 5.81. The summed E-state index contributed by atoms with van der Waals surface area (Å²) in [7, 11) is -3.55. The van der Waals surface area contributed by atoms with Crippen LogP contribution in [-0.2, 0) is 21.2 Å². The maximum atomic E-state index is 12.1. The zero-order valence-electron chi connectivity index (χ0n) is 20.0. The third-order valence-corrected chi connectivity index (χ3v) is 7.54. The number of hydrogen-bond donors (Lipinski definition) is 2. The lowest BCUT2D eigenvalue weighted by Gasteiger charge is -2.48. The number of rotatable bonds is 8. The molecule has 3 N–H and O–H groups in total. The standard InChI is InChI=1S/C25H30Cl2N2O5S/c1-14(2)33-23-15(5-6-22(28)30)9-17(29-35(3,31)32)12-19(23)20-13-25(7-4-8-25)34-24-18(20)10-16(26)11-21(24)27/h9-12,14,20,29H,4-8,13H2,1-3H3,(H2,28,30). The van der Waals surface area contributed by atoms with Crippen LogP contribution in [0.3, 0.4) is 0 Å². The molecular formula is C25H30Cl2N2O5S. The lowest BCUT2D eigenvalue weighted by atomic mass is 9.69. The number of sulfonamides is 1. The molecule has 1 fully saturated rings. The Bertz CT molecular complexity index is 1260. The molecule has 4 rings (SSSR count). The molecule has 35 heavy (non-hydrogen) atoms. The minimum Gasteiger partial charge on any atom is -0.490 e. The van der Waals surface area contributed by atoms with Gasteiger partial charge in [0.2, 0.25) is 15.9 Å². The molecule has 1 unspecified atom stereocenters. The highest BCUT2D eigenvalue weighted by Crippen LogP contribution is 2.56. The number of carbonyl (C=O) groups is 1. The van der Waals surface area contributed by atoms with Crippen molar-refractivity contribution in [2.75, 3.05) is 11.0 Å². The molecule has 1 aliphatic heterocycles.